The van der Waals surface area contributed by atoms with Gasteiger partial charge in [-0.2, -0.15) is 0 Å². The molecule has 4 aliphatic carbocycles. The van der Waals surface area contributed by atoms with E-state index in [0.29, 0.717) is 22.2 Å². The molecule has 2 aromatic carbocycles. The fraction of sp³-hybridized carbons (Fsp3) is 0.500. The van der Waals surface area contributed by atoms with E-state index in [9.17, 15) is 4.39 Å². The second-order valence-electron chi connectivity index (χ2n) is 9.29. The molecule has 0 amide bonds. The van der Waals surface area contributed by atoms with Crippen LogP contribution in [0.5, 0.6) is 5.75 Å². The standard InChI is InChI=1S/C24H26Cl2FNO/c25-19-4-5-23(29-14-20-21(26)2-1-3-22(20)27)18(9-19)13-28-24-10-15-6-16(11-24)8-17(7-15)12-24/h1-5,9,15-17,28H,6-8,10-14H2. The topological polar surface area (TPSA) is 21.3 Å². The molecule has 0 radical (unpaired) electrons. The summed E-state index contributed by atoms with van der Waals surface area (Å²) in [4.78, 5) is 0. The molecular formula is C24H26Cl2FNO. The van der Waals surface area contributed by atoms with Gasteiger partial charge in [0.2, 0.25) is 0 Å². The van der Waals surface area contributed by atoms with Crippen molar-refractivity contribution in [2.24, 2.45) is 17.8 Å². The fourth-order valence-electron chi connectivity index (χ4n) is 6.26. The molecule has 2 nitrogen and oxygen atoms in total. The van der Waals surface area contributed by atoms with Crippen LogP contribution in [0.1, 0.15) is 49.7 Å². The minimum atomic E-state index is -0.347. The lowest BCUT2D eigenvalue weighted by Crippen LogP contribution is -2.58. The maximum atomic E-state index is 14.1. The Labute approximate surface area is 181 Å². The Morgan fingerprint density at radius 3 is 2.34 bits per heavy atom. The number of halogens is 3. The summed E-state index contributed by atoms with van der Waals surface area (Å²) in [6, 6.07) is 10.3. The monoisotopic (exact) mass is 433 g/mol. The molecule has 4 aliphatic rings. The summed E-state index contributed by atoms with van der Waals surface area (Å²) in [5.41, 5.74) is 1.66. The molecule has 0 aliphatic heterocycles. The van der Waals surface area contributed by atoms with Crippen LogP contribution in [0, 0.1) is 23.6 Å². The van der Waals surface area contributed by atoms with Crippen LogP contribution in [0.25, 0.3) is 0 Å². The smallest absolute Gasteiger partial charge is 0.131 e. The van der Waals surface area contributed by atoms with E-state index in [2.05, 4.69) is 5.32 Å². The SMILES string of the molecule is Fc1cccc(Cl)c1COc1ccc(Cl)cc1CNC12CC3CC(CC(C3)C1)C2. The number of ether oxygens (including phenoxy) is 1. The van der Waals surface area contributed by atoms with Gasteiger partial charge in [-0.25, -0.2) is 4.39 Å². The van der Waals surface area contributed by atoms with E-state index in [1.165, 1.54) is 44.6 Å². The maximum Gasteiger partial charge on any atom is 0.131 e. The number of hydrogen-bond acceptors (Lipinski definition) is 2. The van der Waals surface area contributed by atoms with Gasteiger partial charge in [-0.1, -0.05) is 29.3 Å². The average molecular weight is 434 g/mol. The van der Waals surface area contributed by atoms with Gasteiger partial charge >= 0.3 is 0 Å². The summed E-state index contributed by atoms with van der Waals surface area (Å²) in [5.74, 6) is 3.07. The summed E-state index contributed by atoms with van der Waals surface area (Å²) in [5, 5.41) is 4.96. The summed E-state index contributed by atoms with van der Waals surface area (Å²) in [6.45, 7) is 0.810. The first-order valence-corrected chi connectivity index (χ1v) is 11.3. The second-order valence-corrected chi connectivity index (χ2v) is 10.1. The van der Waals surface area contributed by atoms with Crippen molar-refractivity contribution in [1.82, 2.24) is 5.32 Å². The first-order chi connectivity index (χ1) is 14.0. The van der Waals surface area contributed by atoms with Crippen molar-refractivity contribution in [2.45, 2.75) is 57.2 Å². The lowest BCUT2D eigenvalue weighted by atomic mass is 9.53. The lowest BCUT2D eigenvalue weighted by molar-refractivity contribution is -0.0206. The molecule has 1 N–H and O–H groups in total. The predicted octanol–water partition coefficient (Wildman–Crippen LogP) is 6.77. The Hall–Kier alpha value is -1.29. The molecule has 0 saturated heterocycles. The third-order valence-electron chi connectivity index (χ3n) is 7.15. The molecule has 0 unspecified atom stereocenters. The van der Waals surface area contributed by atoms with Crippen LogP contribution in [-0.4, -0.2) is 5.54 Å². The molecule has 5 heteroatoms. The second kappa shape index (κ2) is 7.76. The molecule has 4 saturated carbocycles. The number of hydrogen-bond donors (Lipinski definition) is 1. The van der Waals surface area contributed by atoms with E-state index >= 15 is 0 Å². The van der Waals surface area contributed by atoms with Crippen LogP contribution in [-0.2, 0) is 13.2 Å². The van der Waals surface area contributed by atoms with Crippen molar-refractivity contribution in [3.8, 4) is 5.75 Å². The van der Waals surface area contributed by atoms with E-state index in [1.54, 1.807) is 12.1 Å². The van der Waals surface area contributed by atoms with E-state index in [1.807, 2.05) is 18.2 Å². The van der Waals surface area contributed by atoms with Crippen LogP contribution in [0.15, 0.2) is 36.4 Å². The summed E-state index contributed by atoms with van der Waals surface area (Å²) in [7, 11) is 0. The van der Waals surface area contributed by atoms with Crippen LogP contribution in [0.2, 0.25) is 10.0 Å². The molecule has 4 fully saturated rings. The van der Waals surface area contributed by atoms with Crippen molar-refractivity contribution in [3.05, 3.63) is 63.4 Å². The third-order valence-corrected chi connectivity index (χ3v) is 7.74. The highest BCUT2D eigenvalue weighted by Gasteiger charge is 2.50. The van der Waals surface area contributed by atoms with Gasteiger partial charge < -0.3 is 10.1 Å². The molecule has 0 aromatic heterocycles. The summed E-state index contributed by atoms with van der Waals surface area (Å²) in [6.07, 6.45) is 8.16. The quantitative estimate of drug-likeness (QED) is 0.542. The van der Waals surface area contributed by atoms with Crippen LogP contribution in [0.4, 0.5) is 4.39 Å². The highest BCUT2D eigenvalue weighted by Crippen LogP contribution is 2.55. The van der Waals surface area contributed by atoms with Gasteiger partial charge in [0, 0.05) is 28.2 Å². The number of rotatable bonds is 6. The first-order valence-electron chi connectivity index (χ1n) is 10.6. The van der Waals surface area contributed by atoms with Crippen molar-refractivity contribution in [1.29, 1.82) is 0 Å². The molecule has 154 valence electrons. The van der Waals surface area contributed by atoms with Crippen molar-refractivity contribution in [2.75, 3.05) is 0 Å². The van der Waals surface area contributed by atoms with Crippen LogP contribution >= 0.6 is 23.2 Å². The van der Waals surface area contributed by atoms with Crippen molar-refractivity contribution < 1.29 is 9.13 Å². The molecular weight excluding hydrogens is 408 g/mol. The summed E-state index contributed by atoms with van der Waals surface area (Å²) >= 11 is 12.4. The average Bonchev–Trinajstić information content (AvgIpc) is 2.66. The van der Waals surface area contributed by atoms with Crippen LogP contribution in [0.3, 0.4) is 0 Å². The Kier molecular flexibility index (Phi) is 5.26. The van der Waals surface area contributed by atoms with Gasteiger partial charge in [-0.05, 0) is 86.6 Å². The zero-order chi connectivity index (χ0) is 20.0. The minimum Gasteiger partial charge on any atom is -0.488 e. The van der Waals surface area contributed by atoms with Gasteiger partial charge in [-0.3, -0.25) is 0 Å². The zero-order valence-electron chi connectivity index (χ0n) is 16.4. The lowest BCUT2D eigenvalue weighted by Gasteiger charge is -2.57. The minimum absolute atomic E-state index is 0.0947. The van der Waals surface area contributed by atoms with E-state index in [0.717, 1.165) is 29.1 Å². The molecule has 0 heterocycles. The molecule has 29 heavy (non-hydrogen) atoms. The largest absolute Gasteiger partial charge is 0.488 e. The highest BCUT2D eigenvalue weighted by atomic mass is 35.5. The van der Waals surface area contributed by atoms with Crippen molar-refractivity contribution in [3.63, 3.8) is 0 Å². The van der Waals surface area contributed by atoms with Gasteiger partial charge in [0.15, 0.2) is 0 Å². The predicted molar refractivity (Wildman–Crippen MR) is 115 cm³/mol. The van der Waals surface area contributed by atoms with Gasteiger partial charge in [0.1, 0.15) is 18.2 Å². The molecule has 0 atom stereocenters. The first kappa shape index (κ1) is 19.7. The van der Waals surface area contributed by atoms with Crippen molar-refractivity contribution >= 4 is 23.2 Å². The molecule has 6 rings (SSSR count). The highest BCUT2D eigenvalue weighted by molar-refractivity contribution is 6.31. The molecule has 0 spiro atoms. The molecule has 4 bridgehead atoms. The van der Waals surface area contributed by atoms with Crippen LogP contribution < -0.4 is 10.1 Å². The van der Waals surface area contributed by atoms with Gasteiger partial charge in [0.25, 0.3) is 0 Å². The third kappa shape index (κ3) is 4.02. The fourth-order valence-corrected chi connectivity index (χ4v) is 6.67. The van der Waals surface area contributed by atoms with E-state index in [4.69, 9.17) is 27.9 Å². The zero-order valence-corrected chi connectivity index (χ0v) is 17.9. The van der Waals surface area contributed by atoms with Gasteiger partial charge in [0.05, 0.1) is 5.02 Å². The number of nitrogens with one attached hydrogen (secondary N) is 1. The van der Waals surface area contributed by atoms with E-state index in [-0.39, 0.29) is 18.0 Å². The molecule has 2 aromatic rings. The maximum absolute atomic E-state index is 14.1. The summed E-state index contributed by atoms with van der Waals surface area (Å²) < 4.78 is 20.1. The van der Waals surface area contributed by atoms with Gasteiger partial charge in [-0.15, -0.1) is 0 Å². The Balaban J connectivity index is 1.31. The normalized spacial score (nSPS) is 30.0. The Morgan fingerprint density at radius 1 is 1.00 bits per heavy atom. The Morgan fingerprint density at radius 2 is 1.69 bits per heavy atom. The Bertz CT molecular complexity index is 860. The van der Waals surface area contributed by atoms with E-state index < -0.39 is 0 Å². The number of benzene rings is 2.